The molecule has 0 spiro atoms. The fourth-order valence-electron chi connectivity index (χ4n) is 1.24. The van der Waals surface area contributed by atoms with E-state index in [9.17, 15) is 4.79 Å². The van der Waals surface area contributed by atoms with E-state index in [0.29, 0.717) is 16.5 Å². The van der Waals surface area contributed by atoms with Gasteiger partial charge in [-0.3, -0.25) is 4.98 Å². The van der Waals surface area contributed by atoms with Crippen LogP contribution in [0.4, 0.5) is 0 Å². The van der Waals surface area contributed by atoms with Crippen molar-refractivity contribution in [2.45, 2.75) is 6.92 Å². The number of nitrogens with zero attached hydrogens (tertiary/aromatic N) is 2. The average molecular weight is 289 g/mol. The zero-order chi connectivity index (χ0) is 11.0. The first-order valence-electron chi connectivity index (χ1n) is 4.19. The summed E-state index contributed by atoms with van der Waals surface area (Å²) in [4.78, 5) is 14.0. The van der Waals surface area contributed by atoms with Crippen molar-refractivity contribution in [3.05, 3.63) is 44.0 Å². The van der Waals surface area contributed by atoms with Crippen molar-refractivity contribution < 1.29 is 0 Å². The summed E-state index contributed by atoms with van der Waals surface area (Å²) in [7, 11) is 0. The first-order chi connectivity index (χ1) is 7.08. The fourth-order valence-corrected chi connectivity index (χ4v) is 1.79. The highest BCUT2D eigenvalue weighted by molar-refractivity contribution is 9.10. The predicted octanol–water partition coefficient (Wildman–Crippen LogP) is 2.28. The minimum absolute atomic E-state index is 0.299. The van der Waals surface area contributed by atoms with Crippen molar-refractivity contribution in [3.8, 4) is 5.69 Å². The van der Waals surface area contributed by atoms with E-state index in [1.807, 2.05) is 0 Å². The molecule has 1 aromatic carbocycles. The van der Waals surface area contributed by atoms with Crippen molar-refractivity contribution in [2.75, 3.05) is 0 Å². The maximum atomic E-state index is 11.5. The lowest BCUT2D eigenvalue weighted by Gasteiger charge is -2.02. The van der Waals surface area contributed by atoms with Gasteiger partial charge < -0.3 is 0 Å². The van der Waals surface area contributed by atoms with Gasteiger partial charge in [0.05, 0.1) is 10.7 Å². The Kier molecular flexibility index (Phi) is 2.67. The molecule has 0 amide bonds. The monoisotopic (exact) mass is 287 g/mol. The molecule has 2 aromatic rings. The SMILES string of the molecule is Cc1nn(-c2cc(Br)ccc2Cl)c(=O)[nH]1. The van der Waals surface area contributed by atoms with Crippen LogP contribution in [0.3, 0.4) is 0 Å². The quantitative estimate of drug-likeness (QED) is 0.875. The van der Waals surface area contributed by atoms with Crippen molar-refractivity contribution in [1.82, 2.24) is 14.8 Å². The largest absolute Gasteiger partial charge is 0.348 e. The first-order valence-corrected chi connectivity index (χ1v) is 5.36. The number of aromatic nitrogens is 3. The molecule has 0 radical (unpaired) electrons. The molecule has 1 heterocycles. The van der Waals surface area contributed by atoms with E-state index in [-0.39, 0.29) is 5.69 Å². The number of hydrogen-bond donors (Lipinski definition) is 1. The Morgan fingerprint density at radius 3 is 2.87 bits per heavy atom. The molecule has 0 fully saturated rings. The van der Waals surface area contributed by atoms with Crippen LogP contribution in [0, 0.1) is 6.92 Å². The van der Waals surface area contributed by atoms with Gasteiger partial charge in [-0.2, -0.15) is 9.78 Å². The molecule has 1 N–H and O–H groups in total. The van der Waals surface area contributed by atoms with Crippen LogP contribution < -0.4 is 5.69 Å². The van der Waals surface area contributed by atoms with Crippen LogP contribution in [0.25, 0.3) is 5.69 Å². The predicted molar refractivity (Wildman–Crippen MR) is 61.6 cm³/mol. The number of benzene rings is 1. The summed E-state index contributed by atoms with van der Waals surface area (Å²) in [6.45, 7) is 1.71. The molecule has 0 bridgehead atoms. The molecule has 2 rings (SSSR count). The summed E-state index contributed by atoms with van der Waals surface area (Å²) in [6, 6.07) is 5.25. The molecule has 0 aliphatic carbocycles. The summed E-state index contributed by atoms with van der Waals surface area (Å²) in [5, 5.41) is 4.50. The van der Waals surface area contributed by atoms with E-state index in [1.54, 1.807) is 25.1 Å². The Labute approximate surface area is 99.0 Å². The van der Waals surface area contributed by atoms with Gasteiger partial charge in [-0.25, -0.2) is 4.79 Å². The van der Waals surface area contributed by atoms with Crippen LogP contribution in [-0.2, 0) is 0 Å². The van der Waals surface area contributed by atoms with Crippen molar-refractivity contribution >= 4 is 27.5 Å². The lowest BCUT2D eigenvalue weighted by molar-refractivity contribution is 0.833. The molecule has 4 nitrogen and oxygen atoms in total. The Bertz CT molecular complexity index is 561. The van der Waals surface area contributed by atoms with E-state index in [2.05, 4.69) is 26.0 Å². The molecule has 0 saturated heterocycles. The lowest BCUT2D eigenvalue weighted by atomic mass is 10.3. The Morgan fingerprint density at radius 1 is 1.53 bits per heavy atom. The van der Waals surface area contributed by atoms with Gasteiger partial charge in [0, 0.05) is 4.47 Å². The maximum Gasteiger partial charge on any atom is 0.348 e. The first kappa shape index (κ1) is 10.4. The average Bonchev–Trinajstić information content (AvgIpc) is 2.50. The minimum Gasteiger partial charge on any atom is -0.293 e. The van der Waals surface area contributed by atoms with E-state index >= 15 is 0 Å². The molecular weight excluding hydrogens is 281 g/mol. The molecule has 0 unspecified atom stereocenters. The number of nitrogens with one attached hydrogen (secondary N) is 1. The van der Waals surface area contributed by atoms with Crippen LogP contribution in [0.1, 0.15) is 5.82 Å². The second kappa shape index (κ2) is 3.83. The molecule has 0 atom stereocenters. The van der Waals surface area contributed by atoms with Gasteiger partial charge in [0.15, 0.2) is 0 Å². The van der Waals surface area contributed by atoms with E-state index in [1.165, 1.54) is 4.68 Å². The van der Waals surface area contributed by atoms with Gasteiger partial charge in [0.2, 0.25) is 0 Å². The Balaban J connectivity index is 2.68. The topological polar surface area (TPSA) is 50.7 Å². The van der Waals surface area contributed by atoms with Gasteiger partial charge >= 0.3 is 5.69 Å². The summed E-state index contributed by atoms with van der Waals surface area (Å²) >= 11 is 9.29. The van der Waals surface area contributed by atoms with Gasteiger partial charge in [-0.15, -0.1) is 0 Å². The summed E-state index contributed by atoms with van der Waals surface area (Å²) in [5.41, 5.74) is 0.257. The third-order valence-corrected chi connectivity index (χ3v) is 2.68. The second-order valence-corrected chi connectivity index (χ2v) is 4.35. The van der Waals surface area contributed by atoms with Crippen LogP contribution >= 0.6 is 27.5 Å². The number of aryl methyl sites for hydroxylation is 1. The van der Waals surface area contributed by atoms with E-state index in [0.717, 1.165) is 4.47 Å². The highest BCUT2D eigenvalue weighted by Crippen LogP contribution is 2.22. The molecular formula is C9H7BrClN3O. The summed E-state index contributed by atoms with van der Waals surface area (Å²) in [5.74, 6) is 0.552. The van der Waals surface area contributed by atoms with Crippen LogP contribution in [0.2, 0.25) is 5.02 Å². The number of aromatic amines is 1. The third kappa shape index (κ3) is 1.98. The van der Waals surface area contributed by atoms with Crippen LogP contribution in [0.15, 0.2) is 27.5 Å². The molecule has 6 heteroatoms. The van der Waals surface area contributed by atoms with Gasteiger partial charge in [0.25, 0.3) is 0 Å². The smallest absolute Gasteiger partial charge is 0.293 e. The van der Waals surface area contributed by atoms with Crippen molar-refractivity contribution in [3.63, 3.8) is 0 Å². The maximum absolute atomic E-state index is 11.5. The summed E-state index contributed by atoms with van der Waals surface area (Å²) < 4.78 is 2.08. The van der Waals surface area contributed by atoms with Crippen LogP contribution in [-0.4, -0.2) is 14.8 Å². The zero-order valence-corrected chi connectivity index (χ0v) is 10.1. The Morgan fingerprint density at radius 2 is 2.27 bits per heavy atom. The molecule has 0 aliphatic rings. The summed E-state index contributed by atoms with van der Waals surface area (Å²) in [6.07, 6.45) is 0. The van der Waals surface area contributed by atoms with Gasteiger partial charge in [0.1, 0.15) is 5.82 Å². The highest BCUT2D eigenvalue weighted by Gasteiger charge is 2.08. The molecule has 15 heavy (non-hydrogen) atoms. The highest BCUT2D eigenvalue weighted by atomic mass is 79.9. The van der Waals surface area contributed by atoms with E-state index < -0.39 is 0 Å². The third-order valence-electron chi connectivity index (χ3n) is 1.87. The number of hydrogen-bond acceptors (Lipinski definition) is 2. The van der Waals surface area contributed by atoms with Crippen molar-refractivity contribution in [2.24, 2.45) is 0 Å². The zero-order valence-electron chi connectivity index (χ0n) is 7.79. The Hall–Kier alpha value is -1.07. The second-order valence-electron chi connectivity index (χ2n) is 3.02. The van der Waals surface area contributed by atoms with Gasteiger partial charge in [-0.05, 0) is 25.1 Å². The van der Waals surface area contributed by atoms with Gasteiger partial charge in [-0.1, -0.05) is 27.5 Å². The molecule has 0 saturated carbocycles. The lowest BCUT2D eigenvalue weighted by Crippen LogP contribution is -2.16. The van der Waals surface area contributed by atoms with Crippen molar-refractivity contribution in [1.29, 1.82) is 0 Å². The minimum atomic E-state index is -0.299. The standard InChI is InChI=1S/C9H7BrClN3O/c1-5-12-9(15)14(13-5)8-4-6(10)2-3-7(8)11/h2-4H,1H3,(H,12,13,15). The number of halogens is 2. The normalized spacial score (nSPS) is 10.6. The fraction of sp³-hybridized carbons (Fsp3) is 0.111. The number of rotatable bonds is 1. The molecule has 1 aromatic heterocycles. The molecule has 0 aliphatic heterocycles. The number of H-pyrrole nitrogens is 1. The van der Waals surface area contributed by atoms with Crippen LogP contribution in [0.5, 0.6) is 0 Å². The molecule has 78 valence electrons. The van der Waals surface area contributed by atoms with E-state index in [4.69, 9.17) is 11.6 Å².